The summed E-state index contributed by atoms with van der Waals surface area (Å²) in [5.41, 5.74) is 1.28. The molecule has 2 aromatic carbocycles. The molecule has 0 saturated carbocycles. The summed E-state index contributed by atoms with van der Waals surface area (Å²) >= 11 is 0. The summed E-state index contributed by atoms with van der Waals surface area (Å²) in [4.78, 5) is 14.4. The SMILES string of the molecule is CC(C)NS(=O)(=O)c1ccc(NC(=O)C(C(C)C)n2nnc(-c3ccccc3)n2)cc1. The minimum atomic E-state index is -3.60. The smallest absolute Gasteiger partial charge is 0.251 e. The van der Waals surface area contributed by atoms with Crippen LogP contribution in [0, 0.1) is 5.92 Å². The summed E-state index contributed by atoms with van der Waals surface area (Å²) in [5.74, 6) is 0.0157. The quantitative estimate of drug-likeness (QED) is 0.554. The maximum absolute atomic E-state index is 13.0. The van der Waals surface area contributed by atoms with Gasteiger partial charge in [0, 0.05) is 17.3 Å². The van der Waals surface area contributed by atoms with Crippen LogP contribution in [0.15, 0.2) is 59.5 Å². The van der Waals surface area contributed by atoms with Gasteiger partial charge in [-0.2, -0.15) is 4.80 Å². The molecule has 164 valence electrons. The van der Waals surface area contributed by atoms with Crippen LogP contribution in [0.2, 0.25) is 0 Å². The van der Waals surface area contributed by atoms with E-state index in [4.69, 9.17) is 0 Å². The molecular formula is C21H26N6O3S. The molecule has 1 unspecified atom stereocenters. The van der Waals surface area contributed by atoms with Crippen molar-refractivity contribution in [2.24, 2.45) is 5.92 Å². The number of tetrazole rings is 1. The Morgan fingerprint density at radius 3 is 2.19 bits per heavy atom. The number of sulfonamides is 1. The second-order valence-corrected chi connectivity index (χ2v) is 9.49. The van der Waals surface area contributed by atoms with Gasteiger partial charge >= 0.3 is 0 Å². The highest BCUT2D eigenvalue weighted by Gasteiger charge is 2.27. The number of hydrogen-bond donors (Lipinski definition) is 2. The number of carbonyl (C=O) groups is 1. The number of benzene rings is 2. The second kappa shape index (κ2) is 9.36. The standard InChI is InChI=1S/C21H26N6O3S/c1-14(2)19(27-24-20(23-26-27)16-8-6-5-7-9-16)21(28)22-17-10-12-18(13-11-17)31(29,30)25-15(3)4/h5-15,19,25H,1-4H3,(H,22,28). The van der Waals surface area contributed by atoms with Crippen LogP contribution >= 0.6 is 0 Å². The number of nitrogens with one attached hydrogen (secondary N) is 2. The van der Waals surface area contributed by atoms with Gasteiger partial charge in [-0.05, 0) is 49.2 Å². The third kappa shape index (κ3) is 5.53. The number of rotatable bonds is 8. The average molecular weight is 443 g/mol. The van der Waals surface area contributed by atoms with Crippen LogP contribution in [-0.4, -0.2) is 40.6 Å². The average Bonchev–Trinajstić information content (AvgIpc) is 3.17. The van der Waals surface area contributed by atoms with Crippen molar-refractivity contribution in [3.63, 3.8) is 0 Å². The highest BCUT2D eigenvalue weighted by atomic mass is 32.2. The van der Waals surface area contributed by atoms with Crippen molar-refractivity contribution in [1.29, 1.82) is 0 Å². The van der Waals surface area contributed by atoms with Gasteiger partial charge in [-0.1, -0.05) is 44.2 Å². The fourth-order valence-corrected chi connectivity index (χ4v) is 4.28. The van der Waals surface area contributed by atoms with E-state index in [0.717, 1.165) is 5.56 Å². The van der Waals surface area contributed by atoms with Gasteiger partial charge in [0.2, 0.25) is 15.8 Å². The van der Waals surface area contributed by atoms with Crippen LogP contribution in [0.1, 0.15) is 33.7 Å². The third-order valence-corrected chi connectivity index (χ3v) is 6.11. The summed E-state index contributed by atoms with van der Waals surface area (Å²) in [7, 11) is -3.60. The van der Waals surface area contributed by atoms with E-state index in [1.54, 1.807) is 26.0 Å². The maximum atomic E-state index is 13.0. The van der Waals surface area contributed by atoms with Crippen molar-refractivity contribution in [3.05, 3.63) is 54.6 Å². The van der Waals surface area contributed by atoms with Gasteiger partial charge in [0.15, 0.2) is 6.04 Å². The molecule has 0 aliphatic carbocycles. The van der Waals surface area contributed by atoms with Crippen LogP contribution in [0.3, 0.4) is 0 Å². The lowest BCUT2D eigenvalue weighted by atomic mass is 10.0. The van der Waals surface area contributed by atoms with Crippen molar-refractivity contribution in [2.75, 3.05) is 5.32 Å². The van der Waals surface area contributed by atoms with E-state index in [2.05, 4.69) is 25.4 Å². The molecule has 31 heavy (non-hydrogen) atoms. The first-order valence-corrected chi connectivity index (χ1v) is 11.4. The Morgan fingerprint density at radius 1 is 0.968 bits per heavy atom. The number of anilines is 1. The lowest BCUT2D eigenvalue weighted by Gasteiger charge is -2.19. The molecule has 0 saturated heterocycles. The molecule has 10 heteroatoms. The van der Waals surface area contributed by atoms with Crippen LogP contribution in [0.5, 0.6) is 0 Å². The minimum Gasteiger partial charge on any atom is -0.324 e. The van der Waals surface area contributed by atoms with Gasteiger partial charge in [-0.3, -0.25) is 4.79 Å². The fraction of sp³-hybridized carbons (Fsp3) is 0.333. The van der Waals surface area contributed by atoms with Gasteiger partial charge < -0.3 is 5.32 Å². The molecule has 0 aliphatic heterocycles. The Labute approximate surface area is 181 Å². The Morgan fingerprint density at radius 2 is 1.61 bits per heavy atom. The maximum Gasteiger partial charge on any atom is 0.251 e. The number of amides is 1. The van der Waals surface area contributed by atoms with E-state index in [1.165, 1.54) is 16.9 Å². The molecule has 1 aromatic heterocycles. The molecule has 0 fully saturated rings. The van der Waals surface area contributed by atoms with E-state index in [1.807, 2.05) is 44.2 Å². The highest BCUT2D eigenvalue weighted by Crippen LogP contribution is 2.21. The molecule has 1 heterocycles. The summed E-state index contributed by atoms with van der Waals surface area (Å²) < 4.78 is 27.0. The Hall–Kier alpha value is -3.11. The Kier molecular flexibility index (Phi) is 6.81. The molecule has 3 aromatic rings. The summed E-state index contributed by atoms with van der Waals surface area (Å²) in [6.45, 7) is 7.28. The molecule has 0 aliphatic rings. The third-order valence-electron chi connectivity index (χ3n) is 4.43. The first-order chi connectivity index (χ1) is 14.7. The van der Waals surface area contributed by atoms with Gasteiger partial charge in [0.25, 0.3) is 5.91 Å². The molecule has 2 N–H and O–H groups in total. The van der Waals surface area contributed by atoms with E-state index in [9.17, 15) is 13.2 Å². The van der Waals surface area contributed by atoms with Crippen LogP contribution in [0.4, 0.5) is 5.69 Å². The predicted molar refractivity (Wildman–Crippen MR) is 118 cm³/mol. The number of aromatic nitrogens is 4. The van der Waals surface area contributed by atoms with E-state index in [-0.39, 0.29) is 22.8 Å². The van der Waals surface area contributed by atoms with Crippen LogP contribution < -0.4 is 10.0 Å². The van der Waals surface area contributed by atoms with Crippen LogP contribution in [0.25, 0.3) is 11.4 Å². The summed E-state index contributed by atoms with van der Waals surface area (Å²) in [6, 6.07) is 14.5. The predicted octanol–water partition coefficient (Wildman–Crippen LogP) is 2.86. The molecule has 0 spiro atoms. The minimum absolute atomic E-state index is 0.104. The molecule has 9 nitrogen and oxygen atoms in total. The van der Waals surface area contributed by atoms with Crippen molar-refractivity contribution < 1.29 is 13.2 Å². The van der Waals surface area contributed by atoms with Crippen molar-refractivity contribution in [2.45, 2.75) is 44.7 Å². The lowest BCUT2D eigenvalue weighted by molar-refractivity contribution is -0.121. The fourth-order valence-electron chi connectivity index (χ4n) is 3.03. The Bertz CT molecular complexity index is 1130. The second-order valence-electron chi connectivity index (χ2n) is 7.78. The van der Waals surface area contributed by atoms with Crippen molar-refractivity contribution >= 4 is 21.6 Å². The zero-order chi connectivity index (χ0) is 22.6. The van der Waals surface area contributed by atoms with E-state index >= 15 is 0 Å². The first-order valence-electron chi connectivity index (χ1n) is 9.95. The normalized spacial score (nSPS) is 12.8. The largest absolute Gasteiger partial charge is 0.324 e. The van der Waals surface area contributed by atoms with Gasteiger partial charge in [0.1, 0.15) is 0 Å². The number of nitrogens with zero attached hydrogens (tertiary/aromatic N) is 4. The first kappa shape index (κ1) is 22.6. The molecule has 0 radical (unpaired) electrons. The number of carbonyl (C=O) groups excluding carboxylic acids is 1. The highest BCUT2D eigenvalue weighted by molar-refractivity contribution is 7.89. The Balaban J connectivity index is 1.77. The summed E-state index contributed by atoms with van der Waals surface area (Å²) in [6.07, 6.45) is 0. The summed E-state index contributed by atoms with van der Waals surface area (Å²) in [5, 5.41) is 15.3. The van der Waals surface area contributed by atoms with Gasteiger partial charge in [-0.15, -0.1) is 10.2 Å². The molecular weight excluding hydrogens is 416 g/mol. The van der Waals surface area contributed by atoms with Crippen molar-refractivity contribution in [3.8, 4) is 11.4 Å². The molecule has 1 amide bonds. The molecule has 1 atom stereocenters. The van der Waals surface area contributed by atoms with Gasteiger partial charge in [0.05, 0.1) is 4.90 Å². The zero-order valence-corrected chi connectivity index (χ0v) is 18.7. The van der Waals surface area contributed by atoms with Crippen molar-refractivity contribution in [1.82, 2.24) is 24.9 Å². The van der Waals surface area contributed by atoms with Crippen LogP contribution in [-0.2, 0) is 14.8 Å². The number of hydrogen-bond acceptors (Lipinski definition) is 6. The van der Waals surface area contributed by atoms with Gasteiger partial charge in [-0.25, -0.2) is 13.1 Å². The zero-order valence-electron chi connectivity index (χ0n) is 17.9. The lowest BCUT2D eigenvalue weighted by Crippen LogP contribution is -2.32. The molecule has 3 rings (SSSR count). The monoisotopic (exact) mass is 442 g/mol. The topological polar surface area (TPSA) is 119 Å². The molecule has 0 bridgehead atoms. The van der Waals surface area contributed by atoms with E-state index < -0.39 is 16.1 Å². The van der Waals surface area contributed by atoms with E-state index in [0.29, 0.717) is 11.5 Å².